The van der Waals surface area contributed by atoms with Gasteiger partial charge in [0, 0.05) is 26.7 Å². The van der Waals surface area contributed by atoms with Crippen LogP contribution >= 0.6 is 0 Å². The molecule has 3 rings (SSSR count). The second kappa shape index (κ2) is 8.49. The Morgan fingerprint density at radius 1 is 1.04 bits per heavy atom. The molecule has 1 atom stereocenters. The van der Waals surface area contributed by atoms with Crippen LogP contribution in [0.15, 0.2) is 24.3 Å². The number of hydrogen-bond acceptors (Lipinski definition) is 6. The largest absolute Gasteiger partial charge is 0.494 e. The maximum Gasteiger partial charge on any atom is 0.494 e. The van der Waals surface area contributed by atoms with E-state index in [0.717, 1.165) is 44.1 Å². The van der Waals surface area contributed by atoms with Crippen molar-refractivity contribution in [2.45, 2.75) is 45.0 Å². The van der Waals surface area contributed by atoms with E-state index in [1.165, 1.54) is 0 Å². The van der Waals surface area contributed by atoms with Crippen LogP contribution in [-0.4, -0.2) is 75.9 Å². The molecule has 150 valence electrons. The maximum atomic E-state index is 6.09. The summed E-state index contributed by atoms with van der Waals surface area (Å²) in [4.78, 5) is 2.35. The van der Waals surface area contributed by atoms with Gasteiger partial charge in [-0.15, -0.1) is 0 Å². The number of morpholine rings is 1. The van der Waals surface area contributed by atoms with E-state index in [0.29, 0.717) is 6.61 Å². The molecule has 0 amide bonds. The molecule has 0 aliphatic carbocycles. The van der Waals surface area contributed by atoms with E-state index in [-0.39, 0.29) is 24.4 Å². The number of nitrogens with zero attached hydrogens (tertiary/aromatic N) is 1. The first-order valence-corrected chi connectivity index (χ1v) is 9.72. The molecule has 7 heteroatoms. The highest BCUT2D eigenvalue weighted by molar-refractivity contribution is 6.62. The van der Waals surface area contributed by atoms with Gasteiger partial charge >= 0.3 is 7.12 Å². The Balaban J connectivity index is 1.51. The zero-order valence-corrected chi connectivity index (χ0v) is 17.2. The Kier molecular flexibility index (Phi) is 6.48. The van der Waals surface area contributed by atoms with E-state index >= 15 is 0 Å². The SMILES string of the molecule is COC(COc1ccc(B2OC(C)(C)C(C)(C)O2)cc1)CN1CCOCC1. The first-order chi connectivity index (χ1) is 12.8. The summed E-state index contributed by atoms with van der Waals surface area (Å²) in [6, 6.07) is 7.92. The van der Waals surface area contributed by atoms with Crippen LogP contribution < -0.4 is 10.2 Å². The predicted molar refractivity (Wildman–Crippen MR) is 106 cm³/mol. The second-order valence-electron chi connectivity index (χ2n) is 8.24. The number of hydrogen-bond donors (Lipinski definition) is 0. The highest BCUT2D eigenvalue weighted by Crippen LogP contribution is 2.36. The zero-order valence-electron chi connectivity index (χ0n) is 17.2. The summed E-state index contributed by atoms with van der Waals surface area (Å²) < 4.78 is 29.1. The van der Waals surface area contributed by atoms with Gasteiger partial charge in [-0.05, 0) is 45.3 Å². The molecule has 2 heterocycles. The summed E-state index contributed by atoms with van der Waals surface area (Å²) in [5.74, 6) is 0.819. The van der Waals surface area contributed by atoms with Crippen molar-refractivity contribution in [1.29, 1.82) is 0 Å². The minimum Gasteiger partial charge on any atom is -0.491 e. The van der Waals surface area contributed by atoms with Crippen LogP contribution in [-0.2, 0) is 18.8 Å². The Labute approximate surface area is 163 Å². The molecule has 0 spiro atoms. The van der Waals surface area contributed by atoms with Crippen LogP contribution in [0.3, 0.4) is 0 Å². The van der Waals surface area contributed by atoms with Crippen molar-refractivity contribution in [2.75, 3.05) is 46.6 Å². The lowest BCUT2D eigenvalue weighted by molar-refractivity contribution is -0.0107. The summed E-state index contributed by atoms with van der Waals surface area (Å²) in [6.07, 6.45) is 0.0332. The summed E-state index contributed by atoms with van der Waals surface area (Å²) >= 11 is 0. The first-order valence-electron chi connectivity index (χ1n) is 9.72. The predicted octanol–water partition coefficient (Wildman–Crippen LogP) is 1.71. The maximum absolute atomic E-state index is 6.09. The highest BCUT2D eigenvalue weighted by atomic mass is 16.7. The number of benzene rings is 1. The van der Waals surface area contributed by atoms with E-state index in [4.69, 9.17) is 23.5 Å². The molecule has 0 saturated carbocycles. The van der Waals surface area contributed by atoms with E-state index < -0.39 is 0 Å². The molecule has 27 heavy (non-hydrogen) atoms. The standard InChI is InChI=1S/C20H32BNO5/c1-19(2)20(3,4)27-21(26-19)16-6-8-17(9-7-16)25-15-18(23-5)14-22-10-12-24-13-11-22/h6-9,18H,10-15H2,1-5H3. The third-order valence-corrected chi connectivity index (χ3v) is 5.74. The van der Waals surface area contributed by atoms with Gasteiger partial charge in [0.1, 0.15) is 18.5 Å². The Morgan fingerprint density at radius 2 is 1.63 bits per heavy atom. The van der Waals surface area contributed by atoms with Crippen molar-refractivity contribution in [3.8, 4) is 5.75 Å². The van der Waals surface area contributed by atoms with Gasteiger partial charge in [0.15, 0.2) is 0 Å². The summed E-state index contributed by atoms with van der Waals surface area (Å²) in [5, 5.41) is 0. The average molecular weight is 377 g/mol. The van der Waals surface area contributed by atoms with Gasteiger partial charge in [-0.25, -0.2) is 0 Å². The van der Waals surface area contributed by atoms with Gasteiger partial charge in [-0.1, -0.05) is 12.1 Å². The number of rotatable bonds is 7. The normalized spacial score (nSPS) is 23.4. The smallest absolute Gasteiger partial charge is 0.491 e. The minimum atomic E-state index is -0.350. The minimum absolute atomic E-state index is 0.0332. The number of ether oxygens (including phenoxy) is 3. The molecular weight excluding hydrogens is 345 g/mol. The fraction of sp³-hybridized carbons (Fsp3) is 0.700. The summed E-state index contributed by atoms with van der Waals surface area (Å²) in [7, 11) is 1.38. The van der Waals surface area contributed by atoms with E-state index in [1.54, 1.807) is 7.11 Å². The van der Waals surface area contributed by atoms with Gasteiger partial charge in [-0.2, -0.15) is 0 Å². The van der Waals surface area contributed by atoms with Gasteiger partial charge in [-0.3, -0.25) is 4.90 Å². The number of methoxy groups -OCH3 is 1. The third kappa shape index (κ3) is 5.03. The van der Waals surface area contributed by atoms with Crippen molar-refractivity contribution in [3.05, 3.63) is 24.3 Å². The Bertz CT molecular complexity index is 585. The average Bonchev–Trinajstić information content (AvgIpc) is 2.87. The van der Waals surface area contributed by atoms with Crippen LogP contribution in [0.1, 0.15) is 27.7 Å². The van der Waals surface area contributed by atoms with Crippen molar-refractivity contribution < 1.29 is 23.5 Å². The molecule has 1 unspecified atom stereocenters. The van der Waals surface area contributed by atoms with Gasteiger partial charge in [0.2, 0.25) is 0 Å². The van der Waals surface area contributed by atoms with E-state index in [1.807, 2.05) is 24.3 Å². The molecule has 0 aromatic heterocycles. The van der Waals surface area contributed by atoms with E-state index in [9.17, 15) is 0 Å². The van der Waals surface area contributed by atoms with Crippen LogP contribution in [0.4, 0.5) is 0 Å². The summed E-state index contributed by atoms with van der Waals surface area (Å²) in [5.41, 5.74) is 0.327. The van der Waals surface area contributed by atoms with Crippen LogP contribution in [0.5, 0.6) is 5.75 Å². The first kappa shape index (κ1) is 20.6. The van der Waals surface area contributed by atoms with Gasteiger partial charge < -0.3 is 23.5 Å². The molecule has 0 N–H and O–H groups in total. The van der Waals surface area contributed by atoms with E-state index in [2.05, 4.69) is 32.6 Å². The molecule has 0 radical (unpaired) electrons. The Morgan fingerprint density at radius 3 is 2.19 bits per heavy atom. The topological polar surface area (TPSA) is 49.4 Å². The van der Waals surface area contributed by atoms with Crippen LogP contribution in [0.25, 0.3) is 0 Å². The molecule has 2 saturated heterocycles. The van der Waals surface area contributed by atoms with Gasteiger partial charge in [0.05, 0.1) is 24.4 Å². The lowest BCUT2D eigenvalue weighted by Crippen LogP contribution is -2.43. The molecule has 2 aliphatic rings. The van der Waals surface area contributed by atoms with Crippen molar-refractivity contribution >= 4 is 12.6 Å². The molecular formula is C20H32BNO5. The zero-order chi connectivity index (χ0) is 19.5. The molecule has 1 aromatic rings. The molecule has 2 aliphatic heterocycles. The quantitative estimate of drug-likeness (QED) is 0.675. The monoisotopic (exact) mass is 377 g/mol. The highest BCUT2D eigenvalue weighted by Gasteiger charge is 2.51. The van der Waals surface area contributed by atoms with Crippen LogP contribution in [0, 0.1) is 0 Å². The molecule has 6 nitrogen and oxygen atoms in total. The third-order valence-electron chi connectivity index (χ3n) is 5.74. The fourth-order valence-corrected chi connectivity index (χ4v) is 3.16. The summed E-state index contributed by atoms with van der Waals surface area (Å²) in [6.45, 7) is 13.1. The van der Waals surface area contributed by atoms with Gasteiger partial charge in [0.25, 0.3) is 0 Å². The fourth-order valence-electron chi connectivity index (χ4n) is 3.16. The lowest BCUT2D eigenvalue weighted by Gasteiger charge is -2.32. The second-order valence-corrected chi connectivity index (χ2v) is 8.24. The molecule has 1 aromatic carbocycles. The van der Waals surface area contributed by atoms with Crippen molar-refractivity contribution in [3.63, 3.8) is 0 Å². The van der Waals surface area contributed by atoms with Crippen LogP contribution in [0.2, 0.25) is 0 Å². The van der Waals surface area contributed by atoms with Crippen molar-refractivity contribution in [2.24, 2.45) is 0 Å². The molecule has 2 fully saturated rings. The Hall–Kier alpha value is -1.12. The van der Waals surface area contributed by atoms with Crippen molar-refractivity contribution in [1.82, 2.24) is 4.90 Å². The lowest BCUT2D eigenvalue weighted by atomic mass is 9.79. The molecule has 0 bridgehead atoms.